The molecule has 0 aliphatic carbocycles. The Morgan fingerprint density at radius 2 is 2.19 bits per heavy atom. The van der Waals surface area contributed by atoms with Crippen LogP contribution in [-0.4, -0.2) is 23.3 Å². The van der Waals surface area contributed by atoms with E-state index in [2.05, 4.69) is 15.5 Å². The number of nitrogens with one attached hydrogen (secondary N) is 1. The molecule has 0 radical (unpaired) electrons. The van der Waals surface area contributed by atoms with Crippen molar-refractivity contribution in [1.29, 1.82) is 0 Å². The topological polar surface area (TPSA) is 64.1 Å². The van der Waals surface area contributed by atoms with Gasteiger partial charge in [0, 0.05) is 13.0 Å². The summed E-state index contributed by atoms with van der Waals surface area (Å²) in [5.74, 6) is 1.44. The largest absolute Gasteiger partial charge is 0.440 e. The minimum Gasteiger partial charge on any atom is -0.440 e. The van der Waals surface area contributed by atoms with E-state index in [1.807, 2.05) is 6.92 Å². The number of likely N-dealkylation sites (N-methyl/N-ethyl adjacent to an activating group) is 1. The highest BCUT2D eigenvalue weighted by Crippen LogP contribution is 2.23. The predicted octanol–water partition coefficient (Wildman–Crippen LogP) is 2.13. The smallest absolute Gasteiger partial charge is 0.283 e. The monoisotopic (exact) mass is 241 g/mol. The Morgan fingerprint density at radius 3 is 2.88 bits per heavy atom. The molecule has 0 aliphatic rings. The summed E-state index contributed by atoms with van der Waals surface area (Å²) < 4.78 is 10.6. The number of hydrogen-bond acceptors (Lipinski definition) is 5. The van der Waals surface area contributed by atoms with Crippen molar-refractivity contribution in [2.45, 2.75) is 13.3 Å². The molecule has 0 aromatic carbocycles. The standard InChI is InChI=1S/C10H12ClN3O2/c1-2-12-6-5-9-13-14-10(16-9)7-3-4-8(11)15-7/h3-4,12H,2,5-6H2,1H3. The van der Waals surface area contributed by atoms with Gasteiger partial charge in [-0.05, 0) is 30.3 Å². The van der Waals surface area contributed by atoms with Crippen LogP contribution in [0.4, 0.5) is 0 Å². The quantitative estimate of drug-likeness (QED) is 0.813. The van der Waals surface area contributed by atoms with E-state index in [-0.39, 0.29) is 0 Å². The third-order valence-corrected chi connectivity index (χ3v) is 2.22. The molecule has 2 aromatic heterocycles. The minimum atomic E-state index is 0.308. The zero-order chi connectivity index (χ0) is 11.4. The van der Waals surface area contributed by atoms with Crippen molar-refractivity contribution in [3.63, 3.8) is 0 Å². The Hall–Kier alpha value is -1.33. The van der Waals surface area contributed by atoms with Crippen molar-refractivity contribution in [2.75, 3.05) is 13.1 Å². The molecule has 2 aromatic rings. The fraction of sp³-hybridized carbons (Fsp3) is 0.400. The molecule has 16 heavy (non-hydrogen) atoms. The molecular formula is C10H12ClN3O2. The van der Waals surface area contributed by atoms with Crippen molar-refractivity contribution in [1.82, 2.24) is 15.5 Å². The molecule has 0 spiro atoms. The van der Waals surface area contributed by atoms with Gasteiger partial charge in [0.25, 0.3) is 5.89 Å². The molecule has 1 N–H and O–H groups in total. The van der Waals surface area contributed by atoms with Crippen molar-refractivity contribution in [3.8, 4) is 11.7 Å². The Kier molecular flexibility index (Phi) is 3.58. The van der Waals surface area contributed by atoms with Gasteiger partial charge in [0.05, 0.1) is 0 Å². The lowest BCUT2D eigenvalue weighted by atomic mass is 10.4. The molecule has 6 heteroatoms. The zero-order valence-electron chi connectivity index (χ0n) is 8.86. The molecule has 0 unspecified atom stereocenters. The molecule has 0 aliphatic heterocycles. The summed E-state index contributed by atoms with van der Waals surface area (Å²) in [6.45, 7) is 3.79. The summed E-state index contributed by atoms with van der Waals surface area (Å²) in [6, 6.07) is 3.34. The van der Waals surface area contributed by atoms with E-state index in [0.717, 1.165) is 13.1 Å². The lowest BCUT2D eigenvalue weighted by Gasteiger charge is -1.95. The molecule has 0 saturated heterocycles. The van der Waals surface area contributed by atoms with E-state index >= 15 is 0 Å². The molecule has 0 saturated carbocycles. The molecule has 5 nitrogen and oxygen atoms in total. The average molecular weight is 242 g/mol. The van der Waals surface area contributed by atoms with Crippen molar-refractivity contribution in [3.05, 3.63) is 23.2 Å². The summed E-state index contributed by atoms with van der Waals surface area (Å²) in [6.07, 6.45) is 0.704. The van der Waals surface area contributed by atoms with Crippen molar-refractivity contribution >= 4 is 11.6 Å². The Balaban J connectivity index is 2.02. The summed E-state index contributed by atoms with van der Waals surface area (Å²) in [4.78, 5) is 0. The maximum absolute atomic E-state index is 5.65. The highest BCUT2D eigenvalue weighted by molar-refractivity contribution is 6.28. The highest BCUT2D eigenvalue weighted by Gasteiger charge is 2.11. The van der Waals surface area contributed by atoms with Crippen LogP contribution in [0, 0.1) is 0 Å². The Morgan fingerprint density at radius 1 is 1.31 bits per heavy atom. The predicted molar refractivity (Wildman–Crippen MR) is 59.3 cm³/mol. The van der Waals surface area contributed by atoms with Gasteiger partial charge in [-0.2, -0.15) is 0 Å². The maximum Gasteiger partial charge on any atom is 0.283 e. The number of rotatable bonds is 5. The second-order valence-corrected chi connectivity index (χ2v) is 3.58. The molecule has 2 rings (SSSR count). The second-order valence-electron chi connectivity index (χ2n) is 3.21. The third-order valence-electron chi connectivity index (χ3n) is 2.02. The molecule has 0 fully saturated rings. The molecule has 0 amide bonds. The lowest BCUT2D eigenvalue weighted by molar-refractivity contribution is 0.474. The second kappa shape index (κ2) is 5.14. The van der Waals surface area contributed by atoms with E-state index in [1.165, 1.54) is 0 Å². The van der Waals surface area contributed by atoms with Gasteiger partial charge in [-0.25, -0.2) is 0 Å². The van der Waals surface area contributed by atoms with Gasteiger partial charge in [-0.3, -0.25) is 0 Å². The van der Waals surface area contributed by atoms with Crippen molar-refractivity contribution < 1.29 is 8.83 Å². The van der Waals surface area contributed by atoms with E-state index in [4.69, 9.17) is 20.4 Å². The first-order chi connectivity index (χ1) is 7.79. The number of halogens is 1. The van der Waals surface area contributed by atoms with Gasteiger partial charge in [0.15, 0.2) is 11.0 Å². The first kappa shape index (κ1) is 11.2. The van der Waals surface area contributed by atoms with Gasteiger partial charge in [-0.15, -0.1) is 10.2 Å². The van der Waals surface area contributed by atoms with Crippen molar-refractivity contribution in [2.24, 2.45) is 0 Å². The fourth-order valence-corrected chi connectivity index (χ4v) is 1.40. The molecular weight excluding hydrogens is 230 g/mol. The van der Waals surface area contributed by atoms with Crippen LogP contribution in [0.1, 0.15) is 12.8 Å². The van der Waals surface area contributed by atoms with E-state index in [1.54, 1.807) is 12.1 Å². The number of furan rings is 1. The minimum absolute atomic E-state index is 0.308. The lowest BCUT2D eigenvalue weighted by Crippen LogP contribution is -2.16. The van der Waals surface area contributed by atoms with Gasteiger partial charge >= 0.3 is 0 Å². The van der Waals surface area contributed by atoms with Crippen LogP contribution < -0.4 is 5.32 Å². The van der Waals surface area contributed by atoms with Crippen LogP contribution in [0.3, 0.4) is 0 Å². The summed E-state index contributed by atoms with van der Waals surface area (Å²) >= 11 is 5.65. The van der Waals surface area contributed by atoms with Gasteiger partial charge in [-0.1, -0.05) is 6.92 Å². The fourth-order valence-electron chi connectivity index (χ4n) is 1.26. The van der Waals surface area contributed by atoms with Gasteiger partial charge < -0.3 is 14.2 Å². The summed E-state index contributed by atoms with van der Waals surface area (Å²) in [5.41, 5.74) is 0. The zero-order valence-corrected chi connectivity index (χ0v) is 9.62. The number of nitrogens with zero attached hydrogens (tertiary/aromatic N) is 2. The van der Waals surface area contributed by atoms with Gasteiger partial charge in [0.1, 0.15) is 0 Å². The van der Waals surface area contributed by atoms with E-state index in [9.17, 15) is 0 Å². The van der Waals surface area contributed by atoms with Crippen LogP contribution in [0.15, 0.2) is 21.0 Å². The normalized spacial score (nSPS) is 10.9. The Labute approximate surface area is 97.8 Å². The van der Waals surface area contributed by atoms with E-state index in [0.29, 0.717) is 29.2 Å². The molecule has 0 atom stereocenters. The molecule has 86 valence electrons. The Bertz CT molecular complexity index is 452. The number of hydrogen-bond donors (Lipinski definition) is 1. The first-order valence-corrected chi connectivity index (χ1v) is 5.46. The number of aromatic nitrogens is 2. The maximum atomic E-state index is 5.65. The highest BCUT2D eigenvalue weighted by atomic mass is 35.5. The van der Waals surface area contributed by atoms with Crippen LogP contribution in [0.25, 0.3) is 11.7 Å². The van der Waals surface area contributed by atoms with Crippen LogP contribution >= 0.6 is 11.6 Å². The molecule has 2 heterocycles. The first-order valence-electron chi connectivity index (χ1n) is 5.08. The van der Waals surface area contributed by atoms with Crippen LogP contribution in [-0.2, 0) is 6.42 Å². The summed E-state index contributed by atoms with van der Waals surface area (Å²) in [7, 11) is 0. The average Bonchev–Trinajstić information content (AvgIpc) is 2.87. The molecule has 0 bridgehead atoms. The third kappa shape index (κ3) is 2.62. The van der Waals surface area contributed by atoms with Crippen LogP contribution in [0.5, 0.6) is 0 Å². The van der Waals surface area contributed by atoms with Crippen LogP contribution in [0.2, 0.25) is 5.22 Å². The SMILES string of the molecule is CCNCCc1nnc(-c2ccc(Cl)o2)o1. The van der Waals surface area contributed by atoms with E-state index < -0.39 is 0 Å². The summed E-state index contributed by atoms with van der Waals surface area (Å²) in [5, 5.41) is 11.3. The van der Waals surface area contributed by atoms with Gasteiger partial charge in [0.2, 0.25) is 5.89 Å².